The number of hydrazone groups is 1. The zero-order chi connectivity index (χ0) is 26.4. The molecule has 0 fully saturated rings. The number of hydrogen-bond acceptors (Lipinski definition) is 8. The van der Waals surface area contributed by atoms with Gasteiger partial charge >= 0.3 is 5.69 Å². The molecule has 0 radical (unpaired) electrons. The van der Waals surface area contributed by atoms with Crippen LogP contribution in [0.3, 0.4) is 0 Å². The number of rotatable bonds is 10. The Morgan fingerprint density at radius 1 is 0.973 bits per heavy atom. The van der Waals surface area contributed by atoms with E-state index >= 15 is 0 Å². The van der Waals surface area contributed by atoms with E-state index < -0.39 is 21.2 Å². The molecule has 11 heteroatoms. The molecule has 0 bridgehead atoms. The second-order valence-corrected chi connectivity index (χ2v) is 8.18. The van der Waals surface area contributed by atoms with Gasteiger partial charge in [-0.3, -0.25) is 25.7 Å². The van der Waals surface area contributed by atoms with E-state index in [0.717, 1.165) is 28.5 Å². The third-order valence-corrected chi connectivity index (χ3v) is 5.65. The van der Waals surface area contributed by atoms with E-state index in [4.69, 9.17) is 21.1 Å². The van der Waals surface area contributed by atoms with Gasteiger partial charge in [-0.05, 0) is 47.0 Å². The topological polar surface area (TPSA) is 129 Å². The van der Waals surface area contributed by atoms with Crippen molar-refractivity contribution in [2.24, 2.45) is 5.10 Å². The molecule has 0 saturated carbocycles. The maximum absolute atomic E-state index is 11.3. The quantitative estimate of drug-likeness (QED) is 0.139. The predicted molar refractivity (Wildman–Crippen MR) is 142 cm³/mol. The standard InChI is InChI=1S/C26H21ClN4O6/c1-2-36-25-13-17(15-28-29-23-11-10-20(30(32)33)14-24(23)31(34)35)12-22(27)26(25)37-16-19-8-5-7-18-6-3-4-9-21(18)19/h3-15,29H,2,16H2,1H3/b28-15-. The number of halogens is 1. The fraction of sp³-hybridized carbons (Fsp3) is 0.115. The molecule has 0 amide bonds. The van der Waals surface area contributed by atoms with Gasteiger partial charge in [0.25, 0.3) is 5.69 Å². The lowest BCUT2D eigenvalue weighted by Gasteiger charge is -2.15. The Morgan fingerprint density at radius 3 is 2.51 bits per heavy atom. The summed E-state index contributed by atoms with van der Waals surface area (Å²) in [5.74, 6) is 0.797. The summed E-state index contributed by atoms with van der Waals surface area (Å²) in [4.78, 5) is 20.8. The number of nitrogens with zero attached hydrogens (tertiary/aromatic N) is 3. The van der Waals surface area contributed by atoms with E-state index in [9.17, 15) is 20.2 Å². The van der Waals surface area contributed by atoms with Crippen LogP contribution in [-0.2, 0) is 6.61 Å². The molecule has 0 aliphatic heterocycles. The van der Waals surface area contributed by atoms with E-state index in [1.54, 1.807) is 12.1 Å². The minimum atomic E-state index is -0.725. The summed E-state index contributed by atoms with van der Waals surface area (Å²) >= 11 is 6.52. The van der Waals surface area contributed by atoms with Crippen molar-refractivity contribution in [2.45, 2.75) is 13.5 Å². The number of ether oxygens (including phenoxy) is 2. The third-order valence-electron chi connectivity index (χ3n) is 5.37. The van der Waals surface area contributed by atoms with Crippen molar-refractivity contribution in [1.82, 2.24) is 0 Å². The van der Waals surface area contributed by atoms with Gasteiger partial charge in [-0.1, -0.05) is 54.1 Å². The Hall–Kier alpha value is -4.70. The average Bonchev–Trinajstić information content (AvgIpc) is 2.88. The molecule has 188 valence electrons. The molecule has 0 aliphatic carbocycles. The summed E-state index contributed by atoms with van der Waals surface area (Å²) in [5, 5.41) is 28.7. The third kappa shape index (κ3) is 5.93. The van der Waals surface area contributed by atoms with Crippen LogP contribution in [0.4, 0.5) is 17.1 Å². The van der Waals surface area contributed by atoms with Crippen LogP contribution in [-0.4, -0.2) is 22.7 Å². The number of non-ortho nitro benzene ring substituents is 1. The highest BCUT2D eigenvalue weighted by molar-refractivity contribution is 6.32. The Labute approximate surface area is 216 Å². The normalized spacial score (nSPS) is 11.0. The number of nitrogens with one attached hydrogen (secondary N) is 1. The highest BCUT2D eigenvalue weighted by Gasteiger charge is 2.19. The molecule has 4 aromatic rings. The maximum Gasteiger partial charge on any atom is 0.301 e. The largest absolute Gasteiger partial charge is 0.490 e. The summed E-state index contributed by atoms with van der Waals surface area (Å²) < 4.78 is 11.8. The molecule has 4 rings (SSSR count). The number of nitro groups is 2. The summed E-state index contributed by atoms with van der Waals surface area (Å²) in [5.41, 5.74) is 3.22. The van der Waals surface area contributed by atoms with Crippen LogP contribution in [0, 0.1) is 20.2 Å². The van der Waals surface area contributed by atoms with Gasteiger partial charge in [-0.15, -0.1) is 0 Å². The SMILES string of the molecule is CCOc1cc(/C=N\Nc2ccc([N+](=O)[O-])cc2[N+](=O)[O-])cc(Cl)c1OCc1cccc2ccccc12. The van der Waals surface area contributed by atoms with Gasteiger partial charge in [0.05, 0.1) is 33.8 Å². The van der Waals surface area contributed by atoms with E-state index in [-0.39, 0.29) is 12.3 Å². The van der Waals surface area contributed by atoms with Gasteiger partial charge in [0.15, 0.2) is 11.5 Å². The molecule has 0 unspecified atom stereocenters. The highest BCUT2D eigenvalue weighted by atomic mass is 35.5. The average molecular weight is 521 g/mol. The molecule has 0 aliphatic rings. The summed E-state index contributed by atoms with van der Waals surface area (Å²) in [6.45, 7) is 2.48. The number of nitro benzene ring substituents is 2. The molecule has 4 aromatic carbocycles. The van der Waals surface area contributed by atoms with Crippen LogP contribution in [0.5, 0.6) is 11.5 Å². The smallest absolute Gasteiger partial charge is 0.301 e. The van der Waals surface area contributed by atoms with Crippen molar-refractivity contribution in [3.8, 4) is 11.5 Å². The second-order valence-electron chi connectivity index (χ2n) is 7.78. The van der Waals surface area contributed by atoms with Crippen LogP contribution >= 0.6 is 11.6 Å². The van der Waals surface area contributed by atoms with Crippen molar-refractivity contribution in [3.63, 3.8) is 0 Å². The van der Waals surface area contributed by atoms with E-state index in [2.05, 4.69) is 10.5 Å². The van der Waals surface area contributed by atoms with Crippen LogP contribution < -0.4 is 14.9 Å². The molecule has 0 heterocycles. The van der Waals surface area contributed by atoms with Crippen LogP contribution in [0.2, 0.25) is 5.02 Å². The second kappa shape index (κ2) is 11.4. The number of hydrogen-bond donors (Lipinski definition) is 1. The Kier molecular flexibility index (Phi) is 7.80. The number of fused-ring (bicyclic) bond motifs is 1. The van der Waals surface area contributed by atoms with E-state index in [0.29, 0.717) is 28.7 Å². The summed E-state index contributed by atoms with van der Waals surface area (Å²) in [7, 11) is 0. The maximum atomic E-state index is 11.3. The zero-order valence-electron chi connectivity index (χ0n) is 19.6. The van der Waals surface area contributed by atoms with Gasteiger partial charge in [-0.25, -0.2) is 0 Å². The Morgan fingerprint density at radius 2 is 1.76 bits per heavy atom. The lowest BCUT2D eigenvalue weighted by atomic mass is 10.1. The number of anilines is 1. The Bertz CT molecular complexity index is 1500. The number of benzene rings is 4. The molecule has 10 nitrogen and oxygen atoms in total. The molecule has 0 saturated heterocycles. The predicted octanol–water partition coefficient (Wildman–Crippen LogP) is 6.73. The van der Waals surface area contributed by atoms with Gasteiger partial charge in [-0.2, -0.15) is 5.10 Å². The van der Waals surface area contributed by atoms with Crippen molar-refractivity contribution in [3.05, 3.63) is 109 Å². The first-order valence-corrected chi connectivity index (χ1v) is 11.5. The minimum Gasteiger partial charge on any atom is -0.490 e. The molecular formula is C26H21ClN4O6. The van der Waals surface area contributed by atoms with Crippen molar-refractivity contribution >= 4 is 45.7 Å². The first-order valence-electron chi connectivity index (χ1n) is 11.1. The lowest BCUT2D eigenvalue weighted by molar-refractivity contribution is -0.393. The van der Waals surface area contributed by atoms with E-state index in [1.165, 1.54) is 12.3 Å². The zero-order valence-corrected chi connectivity index (χ0v) is 20.3. The lowest BCUT2D eigenvalue weighted by Crippen LogP contribution is -2.02. The van der Waals surface area contributed by atoms with Crippen molar-refractivity contribution in [1.29, 1.82) is 0 Å². The van der Waals surface area contributed by atoms with Gasteiger partial charge in [0.1, 0.15) is 12.3 Å². The highest BCUT2D eigenvalue weighted by Crippen LogP contribution is 2.37. The summed E-state index contributed by atoms with van der Waals surface area (Å²) in [6.07, 6.45) is 1.40. The van der Waals surface area contributed by atoms with Crippen molar-refractivity contribution < 1.29 is 19.3 Å². The molecule has 0 aromatic heterocycles. The molecule has 37 heavy (non-hydrogen) atoms. The Balaban J connectivity index is 1.55. The monoisotopic (exact) mass is 520 g/mol. The van der Waals surface area contributed by atoms with Gasteiger partial charge < -0.3 is 9.47 Å². The van der Waals surface area contributed by atoms with Crippen LogP contribution in [0.15, 0.2) is 77.9 Å². The van der Waals surface area contributed by atoms with Gasteiger partial charge in [0.2, 0.25) is 0 Å². The summed E-state index contributed by atoms with van der Waals surface area (Å²) in [6, 6.07) is 20.5. The van der Waals surface area contributed by atoms with Crippen LogP contribution in [0.1, 0.15) is 18.1 Å². The molecule has 0 spiro atoms. The molecule has 1 N–H and O–H groups in total. The van der Waals surface area contributed by atoms with Crippen molar-refractivity contribution in [2.75, 3.05) is 12.0 Å². The van der Waals surface area contributed by atoms with Gasteiger partial charge in [0, 0.05) is 6.07 Å². The van der Waals surface area contributed by atoms with E-state index in [1.807, 2.05) is 49.4 Å². The first kappa shape index (κ1) is 25.4. The first-order chi connectivity index (χ1) is 17.9. The fourth-order valence-corrected chi connectivity index (χ4v) is 3.96. The fourth-order valence-electron chi connectivity index (χ4n) is 3.69. The molecular weight excluding hydrogens is 500 g/mol. The minimum absolute atomic E-state index is 0.00183. The van der Waals surface area contributed by atoms with Crippen LogP contribution in [0.25, 0.3) is 10.8 Å². The molecule has 0 atom stereocenters.